The summed E-state index contributed by atoms with van der Waals surface area (Å²) in [5, 5.41) is 0. The van der Waals surface area contributed by atoms with Gasteiger partial charge in [0.05, 0.1) is 12.1 Å². The summed E-state index contributed by atoms with van der Waals surface area (Å²) in [6.45, 7) is 11.0. The molecule has 1 heterocycles. The zero-order valence-electron chi connectivity index (χ0n) is 13.3. The van der Waals surface area contributed by atoms with Gasteiger partial charge in [0.1, 0.15) is 11.3 Å². The van der Waals surface area contributed by atoms with Gasteiger partial charge in [-0.3, -0.25) is 0 Å². The number of benzene rings is 1. The topological polar surface area (TPSA) is 56.3 Å². The molecular formula is C16H26N4O. The van der Waals surface area contributed by atoms with Crippen molar-refractivity contribution in [1.82, 2.24) is 14.5 Å². The smallest absolute Gasteiger partial charge is 0.201 e. The average molecular weight is 290 g/mol. The maximum absolute atomic E-state index is 6.10. The minimum Gasteiger partial charge on any atom is -0.492 e. The van der Waals surface area contributed by atoms with Crippen LogP contribution in [0.1, 0.15) is 27.2 Å². The molecule has 1 aromatic heterocycles. The number of nitrogens with zero attached hydrogens (tertiary/aromatic N) is 3. The molecule has 0 atom stereocenters. The van der Waals surface area contributed by atoms with Crippen LogP contribution in [-0.2, 0) is 6.54 Å². The number of ether oxygens (including phenoxy) is 1. The zero-order valence-corrected chi connectivity index (χ0v) is 13.3. The molecule has 0 unspecified atom stereocenters. The van der Waals surface area contributed by atoms with Gasteiger partial charge in [0.2, 0.25) is 5.95 Å². The van der Waals surface area contributed by atoms with Gasteiger partial charge in [-0.15, -0.1) is 0 Å². The first-order valence-corrected chi connectivity index (χ1v) is 7.81. The molecular weight excluding hydrogens is 264 g/mol. The molecule has 2 N–H and O–H groups in total. The molecule has 0 aliphatic carbocycles. The molecule has 0 saturated heterocycles. The quantitative estimate of drug-likeness (QED) is 0.812. The van der Waals surface area contributed by atoms with Crippen molar-refractivity contribution in [2.45, 2.75) is 33.7 Å². The van der Waals surface area contributed by atoms with E-state index in [0.29, 0.717) is 12.6 Å². The third kappa shape index (κ3) is 3.47. The summed E-state index contributed by atoms with van der Waals surface area (Å²) in [4.78, 5) is 6.91. The predicted molar refractivity (Wildman–Crippen MR) is 87.7 cm³/mol. The Bertz CT molecular complexity index is 579. The number of nitrogen functional groups attached to an aromatic ring is 1. The molecule has 0 saturated carbocycles. The molecule has 2 rings (SSSR count). The van der Waals surface area contributed by atoms with Gasteiger partial charge in [-0.1, -0.05) is 19.9 Å². The van der Waals surface area contributed by atoms with E-state index in [2.05, 4.69) is 34.4 Å². The van der Waals surface area contributed by atoms with Crippen LogP contribution in [0.5, 0.6) is 5.75 Å². The minimum absolute atomic E-state index is 0.560. The second-order valence-electron chi connectivity index (χ2n) is 5.11. The van der Waals surface area contributed by atoms with Crippen LogP contribution in [-0.4, -0.2) is 40.7 Å². The number of anilines is 1. The van der Waals surface area contributed by atoms with Gasteiger partial charge in [0.25, 0.3) is 0 Å². The van der Waals surface area contributed by atoms with E-state index >= 15 is 0 Å². The first kappa shape index (κ1) is 15.6. The number of aromatic nitrogens is 2. The van der Waals surface area contributed by atoms with E-state index in [9.17, 15) is 0 Å². The van der Waals surface area contributed by atoms with Crippen molar-refractivity contribution in [2.24, 2.45) is 0 Å². The summed E-state index contributed by atoms with van der Waals surface area (Å²) in [7, 11) is 0. The van der Waals surface area contributed by atoms with E-state index in [1.807, 2.05) is 19.1 Å². The predicted octanol–water partition coefficient (Wildman–Crippen LogP) is 2.75. The normalized spacial score (nSPS) is 11.4. The largest absolute Gasteiger partial charge is 0.492 e. The van der Waals surface area contributed by atoms with Crippen molar-refractivity contribution < 1.29 is 4.74 Å². The summed E-state index contributed by atoms with van der Waals surface area (Å²) in [5.41, 5.74) is 8.00. The minimum atomic E-state index is 0.560. The Hall–Kier alpha value is -1.75. The number of rotatable bonds is 8. The van der Waals surface area contributed by atoms with Gasteiger partial charge < -0.3 is 19.9 Å². The van der Waals surface area contributed by atoms with Crippen LogP contribution in [0, 0.1) is 0 Å². The van der Waals surface area contributed by atoms with E-state index in [1.165, 1.54) is 6.42 Å². The van der Waals surface area contributed by atoms with Crippen molar-refractivity contribution in [3.63, 3.8) is 0 Å². The van der Waals surface area contributed by atoms with Crippen molar-refractivity contribution in [3.8, 4) is 5.75 Å². The third-order valence-electron chi connectivity index (χ3n) is 3.70. The van der Waals surface area contributed by atoms with E-state index in [1.54, 1.807) is 0 Å². The highest BCUT2D eigenvalue weighted by atomic mass is 16.5. The van der Waals surface area contributed by atoms with Gasteiger partial charge in [0.15, 0.2) is 0 Å². The summed E-state index contributed by atoms with van der Waals surface area (Å²) in [6, 6.07) is 5.99. The maximum atomic E-state index is 6.10. The SMILES string of the molecule is CCCN(CC)CCn1c(N)nc2c(OCC)cccc21. The monoisotopic (exact) mass is 290 g/mol. The molecule has 0 amide bonds. The van der Waals surface area contributed by atoms with E-state index in [-0.39, 0.29) is 0 Å². The van der Waals surface area contributed by atoms with Gasteiger partial charge in [0, 0.05) is 13.1 Å². The van der Waals surface area contributed by atoms with Crippen molar-refractivity contribution in [1.29, 1.82) is 0 Å². The highest BCUT2D eigenvalue weighted by Crippen LogP contribution is 2.27. The number of likely N-dealkylation sites (N-methyl/N-ethyl adjacent to an activating group) is 1. The van der Waals surface area contributed by atoms with E-state index in [4.69, 9.17) is 10.5 Å². The maximum Gasteiger partial charge on any atom is 0.201 e. The Morgan fingerprint density at radius 2 is 2.05 bits per heavy atom. The van der Waals surface area contributed by atoms with Crippen LogP contribution in [0.15, 0.2) is 18.2 Å². The van der Waals surface area contributed by atoms with Crippen LogP contribution in [0.4, 0.5) is 5.95 Å². The van der Waals surface area contributed by atoms with Crippen LogP contribution in [0.3, 0.4) is 0 Å². The molecule has 0 fully saturated rings. The molecule has 2 aromatic rings. The molecule has 116 valence electrons. The van der Waals surface area contributed by atoms with E-state index < -0.39 is 0 Å². The summed E-state index contributed by atoms with van der Waals surface area (Å²) in [5.74, 6) is 1.37. The fraction of sp³-hybridized carbons (Fsp3) is 0.562. The number of para-hydroxylation sites is 1. The lowest BCUT2D eigenvalue weighted by atomic mass is 10.3. The van der Waals surface area contributed by atoms with Gasteiger partial charge in [-0.25, -0.2) is 4.98 Å². The zero-order chi connectivity index (χ0) is 15.2. The highest BCUT2D eigenvalue weighted by molar-refractivity contribution is 5.84. The number of nitrogens with two attached hydrogens (primary N) is 1. The van der Waals surface area contributed by atoms with Gasteiger partial charge in [-0.2, -0.15) is 0 Å². The average Bonchev–Trinajstić information content (AvgIpc) is 2.81. The number of fused-ring (bicyclic) bond motifs is 1. The van der Waals surface area contributed by atoms with Crippen molar-refractivity contribution >= 4 is 17.0 Å². The van der Waals surface area contributed by atoms with Crippen LogP contribution < -0.4 is 10.5 Å². The second kappa shape index (κ2) is 7.31. The lowest BCUT2D eigenvalue weighted by molar-refractivity contribution is 0.278. The lowest BCUT2D eigenvalue weighted by Gasteiger charge is -2.20. The summed E-state index contributed by atoms with van der Waals surface area (Å²) < 4.78 is 7.71. The van der Waals surface area contributed by atoms with Crippen LogP contribution in [0.2, 0.25) is 0 Å². The van der Waals surface area contributed by atoms with Crippen LogP contribution >= 0.6 is 0 Å². The molecule has 5 nitrogen and oxygen atoms in total. The molecule has 1 aromatic carbocycles. The van der Waals surface area contributed by atoms with Gasteiger partial charge >= 0.3 is 0 Å². The molecule has 21 heavy (non-hydrogen) atoms. The van der Waals surface area contributed by atoms with E-state index in [0.717, 1.165) is 43.0 Å². The third-order valence-corrected chi connectivity index (χ3v) is 3.70. The molecule has 0 aliphatic rings. The van der Waals surface area contributed by atoms with Crippen molar-refractivity contribution in [2.75, 3.05) is 32.0 Å². The first-order valence-electron chi connectivity index (χ1n) is 7.81. The Morgan fingerprint density at radius 1 is 1.24 bits per heavy atom. The Labute approximate surface area is 126 Å². The Morgan fingerprint density at radius 3 is 2.71 bits per heavy atom. The Balaban J connectivity index is 2.23. The molecule has 0 aliphatic heterocycles. The Kier molecular flexibility index (Phi) is 5.44. The lowest BCUT2D eigenvalue weighted by Crippen LogP contribution is -2.28. The van der Waals surface area contributed by atoms with Gasteiger partial charge in [-0.05, 0) is 38.6 Å². The number of imidazole rings is 1. The molecule has 5 heteroatoms. The fourth-order valence-electron chi connectivity index (χ4n) is 2.63. The molecule has 0 bridgehead atoms. The highest BCUT2D eigenvalue weighted by Gasteiger charge is 2.12. The molecule has 0 radical (unpaired) electrons. The second-order valence-corrected chi connectivity index (χ2v) is 5.11. The number of hydrogen-bond donors (Lipinski definition) is 1. The standard InChI is InChI=1S/C16H26N4O/c1-4-10-19(5-2)11-12-20-13-8-7-9-14(21-6-3)15(13)18-16(20)17/h7-9H,4-6,10-12H2,1-3H3,(H2,17,18). The number of hydrogen-bond acceptors (Lipinski definition) is 4. The molecule has 0 spiro atoms. The summed E-state index contributed by atoms with van der Waals surface area (Å²) in [6.07, 6.45) is 1.17. The van der Waals surface area contributed by atoms with Crippen LogP contribution in [0.25, 0.3) is 11.0 Å². The van der Waals surface area contributed by atoms with Crippen molar-refractivity contribution in [3.05, 3.63) is 18.2 Å². The first-order chi connectivity index (χ1) is 10.2. The summed E-state index contributed by atoms with van der Waals surface area (Å²) >= 11 is 0. The fourth-order valence-corrected chi connectivity index (χ4v) is 2.63.